The lowest BCUT2D eigenvalue weighted by Gasteiger charge is -2.34. The van der Waals surface area contributed by atoms with Crippen molar-refractivity contribution in [1.82, 2.24) is 4.90 Å². The van der Waals surface area contributed by atoms with E-state index >= 15 is 0 Å². The maximum Gasteiger partial charge on any atom is 0.251 e. The Bertz CT molecular complexity index is 1070. The normalized spacial score (nSPS) is 20.1. The van der Waals surface area contributed by atoms with Gasteiger partial charge in [0.25, 0.3) is 5.91 Å². The van der Waals surface area contributed by atoms with E-state index in [0.717, 1.165) is 22.3 Å². The molecule has 8 heteroatoms. The number of amides is 1. The van der Waals surface area contributed by atoms with Gasteiger partial charge >= 0.3 is 0 Å². The zero-order valence-electron chi connectivity index (χ0n) is 19.8. The van der Waals surface area contributed by atoms with E-state index < -0.39 is 29.8 Å². The van der Waals surface area contributed by atoms with Gasteiger partial charge < -0.3 is 19.5 Å². The van der Waals surface area contributed by atoms with E-state index in [1.54, 1.807) is 13.8 Å². The number of aliphatic imine (C=N–C) groups is 1. The molecule has 2 atom stereocenters. The highest BCUT2D eigenvalue weighted by molar-refractivity contribution is 7.98. The molecule has 0 bridgehead atoms. The van der Waals surface area contributed by atoms with Crippen LogP contribution in [0.1, 0.15) is 37.8 Å². The minimum Gasteiger partial charge on any atom is -0.599 e. The number of benzene rings is 2. The third kappa shape index (κ3) is 4.57. The van der Waals surface area contributed by atoms with E-state index in [9.17, 15) is 14.7 Å². The van der Waals surface area contributed by atoms with Crippen molar-refractivity contribution < 1.29 is 24.2 Å². The summed E-state index contributed by atoms with van der Waals surface area (Å²) in [7, 11) is 0. The van der Waals surface area contributed by atoms with Crippen LogP contribution in [0.4, 0.5) is 0 Å². The average molecular weight is 482 g/mol. The van der Waals surface area contributed by atoms with Gasteiger partial charge in [-0.2, -0.15) is 11.8 Å². The molecule has 2 aliphatic rings. The van der Waals surface area contributed by atoms with Crippen LogP contribution < -0.4 is 5.11 Å². The van der Waals surface area contributed by atoms with Gasteiger partial charge in [-0.1, -0.05) is 48.5 Å². The topological polar surface area (TPSA) is 91.3 Å². The second-order valence-electron chi connectivity index (χ2n) is 9.00. The van der Waals surface area contributed by atoms with Crippen LogP contribution in [0.3, 0.4) is 0 Å². The quantitative estimate of drug-likeness (QED) is 0.446. The Kier molecular flexibility index (Phi) is 7.00. The molecule has 0 aromatic heterocycles. The molecule has 1 aliphatic carbocycles. The van der Waals surface area contributed by atoms with Crippen LogP contribution in [0, 0.1) is 0 Å². The Morgan fingerprint density at radius 1 is 1.18 bits per heavy atom. The molecule has 0 spiro atoms. The molecule has 1 saturated heterocycles. The Hall–Kier alpha value is -2.84. The van der Waals surface area contributed by atoms with Crippen LogP contribution in [0.2, 0.25) is 0 Å². The summed E-state index contributed by atoms with van der Waals surface area (Å²) in [4.78, 5) is 31.0. The van der Waals surface area contributed by atoms with Crippen molar-refractivity contribution in [3.05, 3.63) is 59.7 Å². The van der Waals surface area contributed by atoms with Gasteiger partial charge in [-0.25, -0.2) is 0 Å². The van der Waals surface area contributed by atoms with Gasteiger partial charge in [-0.3, -0.25) is 14.6 Å². The van der Waals surface area contributed by atoms with Gasteiger partial charge in [0, 0.05) is 18.3 Å². The van der Waals surface area contributed by atoms with Crippen molar-refractivity contribution in [1.29, 1.82) is 0 Å². The monoisotopic (exact) mass is 481 g/mol. The molecule has 4 rings (SSSR count). The van der Waals surface area contributed by atoms with Gasteiger partial charge in [0.15, 0.2) is 5.78 Å². The fourth-order valence-corrected chi connectivity index (χ4v) is 5.29. The second-order valence-corrected chi connectivity index (χ2v) is 9.91. The first-order valence-corrected chi connectivity index (χ1v) is 12.7. The minimum absolute atomic E-state index is 0.0886. The lowest BCUT2D eigenvalue weighted by atomic mass is 9.98. The maximum absolute atomic E-state index is 13.4. The van der Waals surface area contributed by atoms with E-state index in [-0.39, 0.29) is 24.9 Å². The number of hydrogen-bond donors (Lipinski definition) is 0. The van der Waals surface area contributed by atoms with Crippen LogP contribution in [-0.4, -0.2) is 65.7 Å². The van der Waals surface area contributed by atoms with Crippen molar-refractivity contribution in [2.24, 2.45) is 4.99 Å². The third-order valence-corrected chi connectivity index (χ3v) is 7.05. The van der Waals surface area contributed by atoms with E-state index in [0.29, 0.717) is 5.75 Å². The molecule has 34 heavy (non-hydrogen) atoms. The molecule has 7 nitrogen and oxygen atoms in total. The summed E-state index contributed by atoms with van der Waals surface area (Å²) in [6, 6.07) is 14.5. The van der Waals surface area contributed by atoms with Crippen molar-refractivity contribution in [2.75, 3.05) is 25.2 Å². The van der Waals surface area contributed by atoms with Crippen LogP contribution in [0.25, 0.3) is 11.1 Å². The Balaban J connectivity index is 1.52. The fourth-order valence-electron chi connectivity index (χ4n) is 4.76. The molecule has 1 amide bonds. The minimum atomic E-state index is -0.964. The lowest BCUT2D eigenvalue weighted by molar-refractivity contribution is -0.251. The number of hydrogen-bond acceptors (Lipinski definition) is 7. The van der Waals surface area contributed by atoms with E-state index in [1.165, 1.54) is 23.6 Å². The van der Waals surface area contributed by atoms with Gasteiger partial charge in [-0.05, 0) is 49.3 Å². The summed E-state index contributed by atoms with van der Waals surface area (Å²) in [6.45, 7) is 5.16. The molecule has 1 aliphatic heterocycles. The summed E-state index contributed by atoms with van der Waals surface area (Å²) >= 11 is 1.40. The molecule has 0 radical (unpaired) electrons. The Morgan fingerprint density at radius 2 is 1.76 bits per heavy atom. The number of carbonyl (C=O) groups is 2. The first-order valence-electron chi connectivity index (χ1n) is 11.3. The summed E-state index contributed by atoms with van der Waals surface area (Å²) < 4.78 is 11.3. The largest absolute Gasteiger partial charge is 0.599 e. The third-order valence-electron chi connectivity index (χ3n) is 6.40. The van der Waals surface area contributed by atoms with Gasteiger partial charge in [0.1, 0.15) is 23.9 Å². The van der Waals surface area contributed by atoms with Gasteiger partial charge in [-0.15, -0.1) is 0 Å². The van der Waals surface area contributed by atoms with Crippen molar-refractivity contribution in [2.45, 2.75) is 44.5 Å². The van der Waals surface area contributed by atoms with Crippen LogP contribution in [-0.2, 0) is 19.1 Å². The number of ketones is 1. The molecule has 1 heterocycles. The van der Waals surface area contributed by atoms with Gasteiger partial charge in [0.05, 0.1) is 6.61 Å². The second kappa shape index (κ2) is 9.80. The molecular formula is C26H29N2O5S-. The standard InChI is InChI=1S/C26H30N2O5S/c1-16(29)23-14-33-26(2,3)28(23)24(30)22(15-34-4)27-25(31)32-13-21-19-11-7-5-9-17(19)18-10-6-8-12-20(18)21/h5-12,21-23H,13-15H2,1-4H3,(H,27,31)/p-1/t22-,23?/m0/s1. The molecule has 2 aromatic carbocycles. The van der Waals surface area contributed by atoms with Crippen molar-refractivity contribution >= 4 is 29.5 Å². The SMILES string of the molecule is CSC[C@H](N=C([O-])OCC1c2ccccc2-c2ccccc21)C(=O)N1C(C(C)=O)COC1(C)C. The highest BCUT2D eigenvalue weighted by Crippen LogP contribution is 2.44. The average Bonchev–Trinajstić information content (AvgIpc) is 3.31. The number of ether oxygens (including phenoxy) is 2. The molecule has 0 N–H and O–H groups in total. The maximum atomic E-state index is 13.4. The number of rotatable bonds is 7. The molecule has 0 saturated carbocycles. The first-order chi connectivity index (χ1) is 16.2. The Labute approximate surface area is 204 Å². The number of carbonyl (C=O) groups excluding carboxylic acids is 2. The zero-order chi connectivity index (χ0) is 24.5. The summed E-state index contributed by atoms with van der Waals surface area (Å²) in [5.41, 5.74) is 3.53. The lowest BCUT2D eigenvalue weighted by Crippen LogP contribution is -2.54. The molecule has 180 valence electrons. The molecule has 2 aromatic rings. The number of Topliss-reactive ketones (excluding diaryl/α,β-unsaturated/α-hetero) is 1. The van der Waals surface area contributed by atoms with Crippen LogP contribution in [0.15, 0.2) is 53.5 Å². The summed E-state index contributed by atoms with van der Waals surface area (Å²) in [5.74, 6) is -0.372. The van der Waals surface area contributed by atoms with Crippen molar-refractivity contribution in [3.63, 3.8) is 0 Å². The van der Waals surface area contributed by atoms with Crippen LogP contribution in [0.5, 0.6) is 0 Å². The smallest absolute Gasteiger partial charge is 0.251 e. The van der Waals surface area contributed by atoms with Crippen molar-refractivity contribution in [3.8, 4) is 11.1 Å². The predicted molar refractivity (Wildman–Crippen MR) is 131 cm³/mol. The highest BCUT2D eigenvalue weighted by Gasteiger charge is 2.47. The fraction of sp³-hybridized carbons (Fsp3) is 0.423. The van der Waals surface area contributed by atoms with E-state index in [2.05, 4.69) is 17.1 Å². The van der Waals surface area contributed by atoms with Crippen LogP contribution >= 0.6 is 11.8 Å². The first kappa shape index (κ1) is 24.3. The van der Waals surface area contributed by atoms with Gasteiger partial charge in [0.2, 0.25) is 0 Å². The highest BCUT2D eigenvalue weighted by atomic mass is 32.2. The zero-order valence-corrected chi connectivity index (χ0v) is 20.6. The molecule has 1 fully saturated rings. The van der Waals surface area contributed by atoms with E-state index in [4.69, 9.17) is 9.47 Å². The summed E-state index contributed by atoms with van der Waals surface area (Å²) in [6.07, 6.45) is 1.05. The number of nitrogens with zero attached hydrogens (tertiary/aromatic N) is 2. The number of fused-ring (bicyclic) bond motifs is 3. The predicted octanol–water partition coefficient (Wildman–Crippen LogP) is 2.82. The summed E-state index contributed by atoms with van der Waals surface area (Å²) in [5, 5.41) is 12.7. The Morgan fingerprint density at radius 3 is 2.32 bits per heavy atom. The molecular weight excluding hydrogens is 452 g/mol. The number of thioether (sulfide) groups is 1. The molecule has 1 unspecified atom stereocenters. The van der Waals surface area contributed by atoms with E-state index in [1.807, 2.05) is 42.7 Å².